The SMILES string of the molecule is NCCc1ccn2nc(C(F)(F)F)nc2c1. The van der Waals surface area contributed by atoms with Gasteiger partial charge in [0.05, 0.1) is 0 Å². The molecule has 86 valence electrons. The third kappa shape index (κ3) is 1.99. The van der Waals surface area contributed by atoms with Crippen molar-refractivity contribution in [1.82, 2.24) is 14.6 Å². The fourth-order valence-corrected chi connectivity index (χ4v) is 1.37. The molecule has 0 aliphatic rings. The molecule has 0 fully saturated rings. The lowest BCUT2D eigenvalue weighted by Gasteiger charge is -1.97. The summed E-state index contributed by atoms with van der Waals surface area (Å²) in [4.78, 5) is 3.41. The van der Waals surface area contributed by atoms with Crippen LogP contribution in [0.2, 0.25) is 0 Å². The van der Waals surface area contributed by atoms with Crippen molar-refractivity contribution in [2.45, 2.75) is 12.6 Å². The van der Waals surface area contributed by atoms with Crippen molar-refractivity contribution >= 4 is 5.65 Å². The van der Waals surface area contributed by atoms with E-state index in [0.717, 1.165) is 10.1 Å². The third-order valence-corrected chi connectivity index (χ3v) is 2.09. The second-order valence-corrected chi connectivity index (χ2v) is 3.31. The van der Waals surface area contributed by atoms with Crippen LogP contribution < -0.4 is 5.73 Å². The van der Waals surface area contributed by atoms with Crippen LogP contribution in [0.5, 0.6) is 0 Å². The van der Waals surface area contributed by atoms with Gasteiger partial charge in [-0.2, -0.15) is 13.2 Å². The van der Waals surface area contributed by atoms with Crippen LogP contribution in [0.25, 0.3) is 5.65 Å². The van der Waals surface area contributed by atoms with Gasteiger partial charge in [0.25, 0.3) is 5.82 Å². The molecule has 2 heterocycles. The number of fused-ring (bicyclic) bond motifs is 1. The highest BCUT2D eigenvalue weighted by Crippen LogP contribution is 2.26. The molecule has 0 saturated carbocycles. The first-order valence-corrected chi connectivity index (χ1v) is 4.63. The number of pyridine rings is 1. The lowest BCUT2D eigenvalue weighted by molar-refractivity contribution is -0.144. The zero-order valence-corrected chi connectivity index (χ0v) is 8.20. The van der Waals surface area contributed by atoms with Crippen molar-refractivity contribution in [3.05, 3.63) is 29.7 Å². The van der Waals surface area contributed by atoms with E-state index in [0.29, 0.717) is 13.0 Å². The largest absolute Gasteiger partial charge is 0.453 e. The zero-order valence-electron chi connectivity index (χ0n) is 8.20. The fraction of sp³-hybridized carbons (Fsp3) is 0.333. The molecule has 16 heavy (non-hydrogen) atoms. The van der Waals surface area contributed by atoms with Crippen LogP contribution in [0.15, 0.2) is 18.3 Å². The van der Waals surface area contributed by atoms with E-state index in [4.69, 9.17) is 5.73 Å². The Morgan fingerprint density at radius 2 is 2.12 bits per heavy atom. The molecule has 0 radical (unpaired) electrons. The third-order valence-electron chi connectivity index (χ3n) is 2.09. The highest BCUT2D eigenvalue weighted by molar-refractivity contribution is 5.40. The molecule has 0 aliphatic heterocycles. The monoisotopic (exact) mass is 230 g/mol. The Morgan fingerprint density at radius 1 is 1.38 bits per heavy atom. The van der Waals surface area contributed by atoms with Gasteiger partial charge < -0.3 is 5.73 Å². The summed E-state index contributed by atoms with van der Waals surface area (Å²) >= 11 is 0. The maximum atomic E-state index is 12.3. The van der Waals surface area contributed by atoms with Crippen LogP contribution in [0.1, 0.15) is 11.4 Å². The van der Waals surface area contributed by atoms with Gasteiger partial charge >= 0.3 is 6.18 Å². The van der Waals surface area contributed by atoms with Crippen molar-refractivity contribution in [2.24, 2.45) is 5.73 Å². The number of halogens is 3. The predicted molar refractivity (Wildman–Crippen MR) is 50.7 cm³/mol. The maximum Gasteiger partial charge on any atom is 0.453 e. The van der Waals surface area contributed by atoms with Gasteiger partial charge in [0, 0.05) is 6.20 Å². The number of aromatic nitrogens is 3. The van der Waals surface area contributed by atoms with Gasteiger partial charge in [-0.25, -0.2) is 9.50 Å². The molecule has 0 aromatic carbocycles. The normalized spacial score (nSPS) is 12.2. The van der Waals surface area contributed by atoms with Crippen molar-refractivity contribution in [3.8, 4) is 0 Å². The van der Waals surface area contributed by atoms with Crippen LogP contribution in [0, 0.1) is 0 Å². The zero-order chi connectivity index (χ0) is 11.8. The first-order chi connectivity index (χ1) is 7.50. The summed E-state index contributed by atoms with van der Waals surface area (Å²) in [7, 11) is 0. The smallest absolute Gasteiger partial charge is 0.330 e. The minimum Gasteiger partial charge on any atom is -0.330 e. The van der Waals surface area contributed by atoms with Gasteiger partial charge in [-0.3, -0.25) is 0 Å². The molecule has 7 heteroatoms. The number of rotatable bonds is 2. The van der Waals surface area contributed by atoms with Gasteiger partial charge in [0.2, 0.25) is 0 Å². The highest BCUT2D eigenvalue weighted by Gasteiger charge is 2.36. The minimum absolute atomic E-state index is 0.179. The summed E-state index contributed by atoms with van der Waals surface area (Å²) in [5.74, 6) is -1.13. The standard InChI is InChI=1S/C9H9F3N4/c10-9(11,12)8-14-7-5-6(1-3-13)2-4-16(7)15-8/h2,4-5H,1,3,13H2. The first-order valence-electron chi connectivity index (χ1n) is 4.63. The molecular formula is C9H9F3N4. The number of hydrogen-bond acceptors (Lipinski definition) is 3. The summed E-state index contributed by atoms with van der Waals surface area (Å²) in [6.45, 7) is 0.441. The van der Waals surface area contributed by atoms with E-state index in [2.05, 4.69) is 10.1 Å². The average Bonchev–Trinajstić information content (AvgIpc) is 2.60. The number of nitrogens with zero attached hydrogens (tertiary/aromatic N) is 3. The Bertz CT molecular complexity index is 503. The van der Waals surface area contributed by atoms with E-state index in [-0.39, 0.29) is 5.65 Å². The summed E-state index contributed by atoms with van der Waals surface area (Å²) in [5.41, 5.74) is 6.38. The van der Waals surface area contributed by atoms with E-state index in [1.807, 2.05) is 0 Å². The van der Waals surface area contributed by atoms with Crippen LogP contribution in [0.3, 0.4) is 0 Å². The fourth-order valence-electron chi connectivity index (χ4n) is 1.37. The van der Waals surface area contributed by atoms with Crippen molar-refractivity contribution in [2.75, 3.05) is 6.54 Å². The number of hydrogen-bond donors (Lipinski definition) is 1. The van der Waals surface area contributed by atoms with Crippen LogP contribution in [-0.4, -0.2) is 21.1 Å². The molecule has 2 aromatic rings. The maximum absolute atomic E-state index is 12.3. The summed E-state index contributed by atoms with van der Waals surface area (Å²) < 4.78 is 38.0. The Balaban J connectivity index is 2.46. The predicted octanol–water partition coefficient (Wildman–Crippen LogP) is 1.25. The van der Waals surface area contributed by atoms with E-state index in [1.165, 1.54) is 6.20 Å². The molecule has 0 amide bonds. The Kier molecular flexibility index (Phi) is 2.55. The van der Waals surface area contributed by atoms with Gasteiger partial charge in [0.1, 0.15) is 0 Å². The average molecular weight is 230 g/mol. The van der Waals surface area contributed by atoms with Gasteiger partial charge in [-0.1, -0.05) is 0 Å². The molecule has 0 aliphatic carbocycles. The van der Waals surface area contributed by atoms with E-state index in [9.17, 15) is 13.2 Å². The summed E-state index contributed by atoms with van der Waals surface area (Å²) in [5, 5.41) is 3.33. The molecule has 2 rings (SSSR count). The Morgan fingerprint density at radius 3 is 2.75 bits per heavy atom. The van der Waals surface area contributed by atoms with Gasteiger partial charge in [0.15, 0.2) is 5.65 Å². The molecule has 0 spiro atoms. The molecule has 0 unspecified atom stereocenters. The lowest BCUT2D eigenvalue weighted by atomic mass is 10.2. The molecule has 2 aromatic heterocycles. The highest BCUT2D eigenvalue weighted by atomic mass is 19.4. The summed E-state index contributed by atoms with van der Waals surface area (Å²) in [6.07, 6.45) is -2.46. The van der Waals surface area contributed by atoms with Crippen molar-refractivity contribution < 1.29 is 13.2 Å². The minimum atomic E-state index is -4.51. The first kappa shape index (κ1) is 10.9. The van der Waals surface area contributed by atoms with Crippen molar-refractivity contribution in [3.63, 3.8) is 0 Å². The lowest BCUT2D eigenvalue weighted by Crippen LogP contribution is -2.07. The Hall–Kier alpha value is -1.63. The Labute approximate surface area is 88.9 Å². The second kappa shape index (κ2) is 3.75. The van der Waals surface area contributed by atoms with Crippen LogP contribution >= 0.6 is 0 Å². The van der Waals surface area contributed by atoms with Crippen LogP contribution in [-0.2, 0) is 12.6 Å². The van der Waals surface area contributed by atoms with E-state index < -0.39 is 12.0 Å². The molecule has 2 N–H and O–H groups in total. The quantitative estimate of drug-likeness (QED) is 0.844. The van der Waals surface area contributed by atoms with E-state index >= 15 is 0 Å². The number of alkyl halides is 3. The summed E-state index contributed by atoms with van der Waals surface area (Å²) in [6, 6.07) is 3.23. The molecule has 0 bridgehead atoms. The van der Waals surface area contributed by atoms with Gasteiger partial charge in [-0.05, 0) is 30.7 Å². The van der Waals surface area contributed by atoms with Crippen molar-refractivity contribution in [1.29, 1.82) is 0 Å². The van der Waals surface area contributed by atoms with Crippen LogP contribution in [0.4, 0.5) is 13.2 Å². The molecular weight excluding hydrogens is 221 g/mol. The number of nitrogens with two attached hydrogens (primary N) is 1. The van der Waals surface area contributed by atoms with Gasteiger partial charge in [-0.15, -0.1) is 5.10 Å². The topological polar surface area (TPSA) is 56.2 Å². The van der Waals surface area contributed by atoms with E-state index in [1.54, 1.807) is 12.1 Å². The molecule has 4 nitrogen and oxygen atoms in total. The second-order valence-electron chi connectivity index (χ2n) is 3.31. The molecule has 0 atom stereocenters. The molecule has 0 saturated heterocycles.